The molecule has 1 aromatic carbocycles. The minimum absolute atomic E-state index is 0.0176. The summed E-state index contributed by atoms with van der Waals surface area (Å²) in [7, 11) is -1.20. The first kappa shape index (κ1) is 24.7. The highest BCUT2D eigenvalue weighted by Crippen LogP contribution is 2.53. The molecule has 6 rings (SSSR count). The lowest BCUT2D eigenvalue weighted by atomic mass is 9.88. The molecule has 7 nitrogen and oxygen atoms in total. The molecule has 4 heterocycles. The monoisotopic (exact) mass is 540 g/mol. The summed E-state index contributed by atoms with van der Waals surface area (Å²) < 4.78 is 60.8. The number of rotatable bonds is 5. The second-order valence-corrected chi connectivity index (χ2v) is 13.1. The molecule has 2 bridgehead atoms. The van der Waals surface area contributed by atoms with Crippen LogP contribution >= 0.6 is 7.14 Å². The van der Waals surface area contributed by atoms with Crippen LogP contribution in [0.25, 0.3) is 16.6 Å². The number of fused-ring (bicyclic) bond motifs is 9. The Morgan fingerprint density at radius 2 is 1.97 bits per heavy atom. The summed E-state index contributed by atoms with van der Waals surface area (Å²) in [6.07, 6.45) is 4.03. The van der Waals surface area contributed by atoms with Gasteiger partial charge in [0.05, 0.1) is 17.3 Å². The zero-order chi connectivity index (χ0) is 26.9. The average molecular weight is 540 g/mol. The minimum Gasteiger partial charge on any atom is -0.434 e. The largest absolute Gasteiger partial charge is 0.434 e. The Bertz CT molecular complexity index is 1670. The van der Waals surface area contributed by atoms with Crippen LogP contribution in [0.15, 0.2) is 48.8 Å². The molecular formula is C27H24F3N4O3P. The molecule has 0 saturated heterocycles. The Kier molecular flexibility index (Phi) is 5.65. The fourth-order valence-electron chi connectivity index (χ4n) is 5.63. The highest BCUT2D eigenvalue weighted by molar-refractivity contribution is 7.70. The molecule has 0 N–H and O–H groups in total. The van der Waals surface area contributed by atoms with Gasteiger partial charge in [-0.15, -0.1) is 0 Å². The van der Waals surface area contributed by atoms with E-state index >= 15 is 0 Å². The van der Waals surface area contributed by atoms with Gasteiger partial charge in [0.1, 0.15) is 18.3 Å². The molecule has 3 aromatic heterocycles. The Morgan fingerprint density at radius 3 is 2.68 bits per heavy atom. The van der Waals surface area contributed by atoms with E-state index < -0.39 is 25.5 Å². The number of alkyl halides is 2. The van der Waals surface area contributed by atoms with E-state index in [4.69, 9.17) is 9.84 Å². The molecule has 1 aliphatic carbocycles. The smallest absolute Gasteiger partial charge is 0.387 e. The molecule has 1 amide bonds. The number of carbonyl (C=O) groups is 1. The van der Waals surface area contributed by atoms with Gasteiger partial charge in [0.15, 0.2) is 5.82 Å². The number of benzene rings is 1. The van der Waals surface area contributed by atoms with Crippen molar-refractivity contribution in [2.75, 3.05) is 19.9 Å². The minimum atomic E-state index is -3.04. The topological polar surface area (TPSA) is 76.8 Å². The van der Waals surface area contributed by atoms with Gasteiger partial charge in [0, 0.05) is 53.8 Å². The highest BCUT2D eigenvalue weighted by Gasteiger charge is 2.46. The summed E-state index contributed by atoms with van der Waals surface area (Å²) in [5.74, 6) is -1.34. The molecule has 3 atom stereocenters. The normalized spacial score (nSPS) is 19.9. The van der Waals surface area contributed by atoms with Crippen LogP contribution in [0.1, 0.15) is 52.5 Å². The van der Waals surface area contributed by atoms with Crippen molar-refractivity contribution in [3.05, 3.63) is 77.0 Å². The molecule has 1 aliphatic heterocycles. The first-order valence-corrected chi connectivity index (χ1v) is 14.5. The standard InChI is InChI=1S/C27H24F3N4O3P/c1-4-38(3,36)25-18(28)10-15(13-31-25)14-8-9-34-19(11-14)23-17-12-20(24(23)32-34)33(2)26(35)16-6-5-7-21(22(16)17)37-27(29)30/h5-11,13,17,20,27H,4,12H2,1-3H3. The van der Waals surface area contributed by atoms with E-state index in [0.29, 0.717) is 46.0 Å². The molecule has 4 aromatic rings. The van der Waals surface area contributed by atoms with E-state index in [9.17, 15) is 22.5 Å². The summed E-state index contributed by atoms with van der Waals surface area (Å²) >= 11 is 0. The highest BCUT2D eigenvalue weighted by atomic mass is 31.2. The number of nitrogens with zero attached hydrogens (tertiary/aromatic N) is 4. The van der Waals surface area contributed by atoms with Gasteiger partial charge in [-0.25, -0.2) is 13.9 Å². The molecule has 0 fully saturated rings. The predicted octanol–water partition coefficient (Wildman–Crippen LogP) is 5.44. The molecule has 0 spiro atoms. The van der Waals surface area contributed by atoms with Gasteiger partial charge < -0.3 is 14.2 Å². The second kappa shape index (κ2) is 8.70. The van der Waals surface area contributed by atoms with Crippen molar-refractivity contribution in [1.82, 2.24) is 19.5 Å². The van der Waals surface area contributed by atoms with Crippen molar-refractivity contribution in [1.29, 1.82) is 0 Å². The summed E-state index contributed by atoms with van der Waals surface area (Å²) in [5.41, 5.74) is 4.12. The first-order chi connectivity index (χ1) is 18.1. The van der Waals surface area contributed by atoms with Crippen LogP contribution in [-0.4, -0.2) is 51.9 Å². The Balaban J connectivity index is 1.52. The molecule has 0 saturated carbocycles. The van der Waals surface area contributed by atoms with Crippen LogP contribution in [-0.2, 0) is 4.57 Å². The molecule has 38 heavy (non-hydrogen) atoms. The quantitative estimate of drug-likeness (QED) is 0.315. The van der Waals surface area contributed by atoms with Crippen molar-refractivity contribution in [2.45, 2.75) is 31.9 Å². The van der Waals surface area contributed by atoms with Crippen LogP contribution in [0, 0.1) is 5.82 Å². The second-order valence-electron chi connectivity index (χ2n) is 9.81. The van der Waals surface area contributed by atoms with Crippen molar-refractivity contribution in [3.8, 4) is 16.9 Å². The third-order valence-electron chi connectivity index (χ3n) is 7.68. The Morgan fingerprint density at radius 1 is 1.18 bits per heavy atom. The number of aromatic nitrogens is 3. The van der Waals surface area contributed by atoms with Crippen molar-refractivity contribution in [2.24, 2.45) is 0 Å². The zero-order valence-corrected chi connectivity index (χ0v) is 21.8. The molecule has 2 aliphatic rings. The van der Waals surface area contributed by atoms with Crippen LogP contribution in [0.2, 0.25) is 0 Å². The molecule has 11 heteroatoms. The number of hydrogen-bond donors (Lipinski definition) is 0. The van der Waals surface area contributed by atoms with Gasteiger partial charge in [-0.2, -0.15) is 13.9 Å². The van der Waals surface area contributed by atoms with Gasteiger partial charge in [0.2, 0.25) is 0 Å². The zero-order valence-electron chi connectivity index (χ0n) is 20.9. The maximum atomic E-state index is 14.9. The third kappa shape index (κ3) is 3.65. The maximum Gasteiger partial charge on any atom is 0.387 e. The lowest BCUT2D eigenvalue weighted by molar-refractivity contribution is -0.0505. The van der Waals surface area contributed by atoms with Crippen LogP contribution in [0.5, 0.6) is 5.75 Å². The van der Waals surface area contributed by atoms with Gasteiger partial charge in [-0.3, -0.25) is 4.79 Å². The first-order valence-electron chi connectivity index (χ1n) is 12.2. The average Bonchev–Trinajstić information content (AvgIpc) is 3.41. The number of pyridine rings is 2. The molecule has 196 valence electrons. The van der Waals surface area contributed by atoms with E-state index in [1.807, 2.05) is 6.07 Å². The molecule has 0 radical (unpaired) electrons. The lowest BCUT2D eigenvalue weighted by Crippen LogP contribution is -2.30. The maximum absolute atomic E-state index is 14.9. The number of carbonyl (C=O) groups excluding carboxylic acids is 1. The number of ether oxygens (including phenoxy) is 1. The summed E-state index contributed by atoms with van der Waals surface area (Å²) in [6.45, 7) is 0.219. The van der Waals surface area contributed by atoms with Gasteiger partial charge in [-0.05, 0) is 49.0 Å². The number of hydrogen-bond acceptors (Lipinski definition) is 5. The molecular weight excluding hydrogens is 516 g/mol. The summed E-state index contributed by atoms with van der Waals surface area (Å²) in [4.78, 5) is 19.1. The van der Waals surface area contributed by atoms with Crippen LogP contribution in [0.4, 0.5) is 13.2 Å². The fourth-order valence-corrected chi connectivity index (χ4v) is 6.75. The lowest BCUT2D eigenvalue weighted by Gasteiger charge is -2.23. The predicted molar refractivity (Wildman–Crippen MR) is 136 cm³/mol. The Hall–Kier alpha value is -3.65. The van der Waals surface area contributed by atoms with Crippen LogP contribution < -0.4 is 10.2 Å². The van der Waals surface area contributed by atoms with E-state index in [2.05, 4.69) is 4.98 Å². The van der Waals surface area contributed by atoms with E-state index in [1.54, 1.807) is 41.7 Å². The number of halogens is 3. The van der Waals surface area contributed by atoms with Gasteiger partial charge in [0.25, 0.3) is 5.91 Å². The third-order valence-corrected chi connectivity index (χ3v) is 10.1. The van der Waals surface area contributed by atoms with Gasteiger partial charge >= 0.3 is 6.61 Å². The summed E-state index contributed by atoms with van der Waals surface area (Å²) in [6, 6.07) is 9.22. The fraction of sp³-hybridized carbons (Fsp3) is 0.296. The van der Waals surface area contributed by atoms with Crippen molar-refractivity contribution < 1.29 is 27.3 Å². The van der Waals surface area contributed by atoms with Crippen LogP contribution in [0.3, 0.4) is 0 Å². The van der Waals surface area contributed by atoms with E-state index in [1.165, 1.54) is 31.1 Å². The van der Waals surface area contributed by atoms with Crippen molar-refractivity contribution >= 4 is 24.0 Å². The molecule has 3 unspecified atom stereocenters. The number of amides is 1. The van der Waals surface area contributed by atoms with Gasteiger partial charge in [-0.1, -0.05) is 13.0 Å². The van der Waals surface area contributed by atoms with E-state index in [0.717, 1.165) is 5.56 Å². The SMILES string of the molecule is CCP(C)(=O)c1ncc(-c2ccn3nc4c(c3c2)C2CC4N(C)C(=O)c3cccc(OC(F)F)c32)cc1F. The van der Waals surface area contributed by atoms with Crippen molar-refractivity contribution in [3.63, 3.8) is 0 Å². The Labute approximate surface area is 216 Å². The summed E-state index contributed by atoms with van der Waals surface area (Å²) in [5, 5.41) is 4.74. The van der Waals surface area contributed by atoms with E-state index in [-0.39, 0.29) is 23.1 Å².